The molecule has 1 aliphatic rings. The van der Waals surface area contributed by atoms with Gasteiger partial charge in [-0.15, -0.1) is 0 Å². The molecule has 1 aliphatic carbocycles. The van der Waals surface area contributed by atoms with E-state index in [1.54, 1.807) is 12.1 Å². The van der Waals surface area contributed by atoms with Gasteiger partial charge in [-0.05, 0) is 59.0 Å². The summed E-state index contributed by atoms with van der Waals surface area (Å²) >= 11 is 0. The lowest BCUT2D eigenvalue weighted by molar-refractivity contribution is -0.132. The van der Waals surface area contributed by atoms with Gasteiger partial charge in [0.1, 0.15) is 5.75 Å². The Balaban J connectivity index is 2.25. The van der Waals surface area contributed by atoms with Gasteiger partial charge < -0.3 is 9.84 Å². The van der Waals surface area contributed by atoms with Gasteiger partial charge in [0.2, 0.25) is 0 Å². The first kappa shape index (κ1) is 21.6. The number of rotatable bonds is 4. The summed E-state index contributed by atoms with van der Waals surface area (Å²) in [7, 11) is 0. The van der Waals surface area contributed by atoms with Crippen LogP contribution in [0.5, 0.6) is 5.75 Å². The van der Waals surface area contributed by atoms with E-state index >= 15 is 0 Å². The molecule has 3 rings (SSSR count). The fraction of sp³-hybridized carbons (Fsp3) is 0.308. The zero-order valence-corrected chi connectivity index (χ0v) is 18.4. The summed E-state index contributed by atoms with van der Waals surface area (Å²) in [5, 5.41) is 8.96. The molecule has 156 valence electrons. The van der Waals surface area contributed by atoms with Gasteiger partial charge in [0.15, 0.2) is 0 Å². The van der Waals surface area contributed by atoms with E-state index in [1.807, 2.05) is 13.0 Å². The fourth-order valence-corrected chi connectivity index (χ4v) is 3.93. The molecule has 0 aliphatic heterocycles. The minimum Gasteiger partial charge on any atom is -0.478 e. The molecule has 1 N–H and O–H groups in total. The van der Waals surface area contributed by atoms with Crippen LogP contribution >= 0.6 is 0 Å². The number of esters is 1. The third-order valence-electron chi connectivity index (χ3n) is 5.64. The average molecular weight is 405 g/mol. The summed E-state index contributed by atoms with van der Waals surface area (Å²) in [6, 6.07) is 9.72. The number of aliphatic carboxylic acids is 1. The van der Waals surface area contributed by atoms with Crippen LogP contribution in [0.2, 0.25) is 0 Å². The lowest BCUT2D eigenvalue weighted by atomic mass is 9.67. The quantitative estimate of drug-likeness (QED) is 0.302. The zero-order valence-electron chi connectivity index (χ0n) is 18.4. The molecule has 0 saturated carbocycles. The molecule has 30 heavy (non-hydrogen) atoms. The van der Waals surface area contributed by atoms with Crippen molar-refractivity contribution in [1.29, 1.82) is 0 Å². The largest absolute Gasteiger partial charge is 0.478 e. The van der Waals surface area contributed by atoms with Crippen LogP contribution in [0.4, 0.5) is 0 Å². The summed E-state index contributed by atoms with van der Waals surface area (Å²) in [5.74, 6) is -0.951. The Labute approximate surface area is 177 Å². The molecule has 4 nitrogen and oxygen atoms in total. The molecule has 0 spiro atoms. The second-order valence-corrected chi connectivity index (χ2v) is 9.01. The van der Waals surface area contributed by atoms with Crippen LogP contribution in [0.3, 0.4) is 0 Å². The SMILES string of the molecule is CC(=O)Oc1ccc(C=CC(=O)O)cc1-c1cc2c(cc1C)C(C)(C)C=CC2(C)C. The molecule has 0 heterocycles. The lowest BCUT2D eigenvalue weighted by Crippen LogP contribution is -2.29. The predicted molar refractivity (Wildman–Crippen MR) is 120 cm³/mol. The molecular formula is C26H28O4. The van der Waals surface area contributed by atoms with E-state index in [-0.39, 0.29) is 10.8 Å². The number of aryl methyl sites for hydroxylation is 1. The number of ether oxygens (including phenoxy) is 1. The van der Waals surface area contributed by atoms with Crippen molar-refractivity contribution < 1.29 is 19.4 Å². The first-order valence-corrected chi connectivity index (χ1v) is 10.0. The van der Waals surface area contributed by atoms with Crippen LogP contribution in [0.15, 0.2) is 48.6 Å². The predicted octanol–water partition coefficient (Wildman–Crippen LogP) is 5.81. The number of carboxylic acids is 1. The molecule has 0 amide bonds. The van der Waals surface area contributed by atoms with E-state index in [2.05, 4.69) is 52.0 Å². The van der Waals surface area contributed by atoms with Gasteiger partial charge in [0.05, 0.1) is 0 Å². The standard InChI is InChI=1S/C26H28O4/c1-16-13-21-22(26(5,6)12-11-25(21,3)4)15-19(16)20-14-18(8-10-24(28)29)7-9-23(20)30-17(2)27/h7-15H,1-6H3,(H,28,29). The Morgan fingerprint density at radius 1 is 0.933 bits per heavy atom. The number of carbonyl (C=O) groups is 2. The summed E-state index contributed by atoms with van der Waals surface area (Å²) in [5.41, 5.74) is 5.84. The molecule has 2 aromatic carbocycles. The van der Waals surface area contributed by atoms with Gasteiger partial charge in [0.25, 0.3) is 0 Å². The molecule has 0 bridgehead atoms. The van der Waals surface area contributed by atoms with Gasteiger partial charge in [-0.25, -0.2) is 4.79 Å². The fourth-order valence-electron chi connectivity index (χ4n) is 3.93. The normalized spacial score (nSPS) is 16.3. The van der Waals surface area contributed by atoms with E-state index in [9.17, 15) is 9.59 Å². The number of hydrogen-bond acceptors (Lipinski definition) is 3. The van der Waals surface area contributed by atoms with Gasteiger partial charge >= 0.3 is 11.9 Å². The second-order valence-electron chi connectivity index (χ2n) is 9.01. The van der Waals surface area contributed by atoms with Crippen LogP contribution < -0.4 is 4.74 Å². The highest BCUT2D eigenvalue weighted by atomic mass is 16.5. The Kier molecular flexibility index (Phi) is 5.46. The maximum Gasteiger partial charge on any atom is 0.328 e. The van der Waals surface area contributed by atoms with E-state index in [0.717, 1.165) is 28.3 Å². The summed E-state index contributed by atoms with van der Waals surface area (Å²) < 4.78 is 5.48. The number of hydrogen-bond donors (Lipinski definition) is 1. The Morgan fingerprint density at radius 3 is 2.10 bits per heavy atom. The smallest absolute Gasteiger partial charge is 0.328 e. The molecule has 2 aromatic rings. The van der Waals surface area contributed by atoms with Crippen molar-refractivity contribution in [3.8, 4) is 16.9 Å². The topological polar surface area (TPSA) is 63.6 Å². The molecule has 0 radical (unpaired) electrons. The Hall–Kier alpha value is -3.14. The molecular weight excluding hydrogens is 376 g/mol. The summed E-state index contributed by atoms with van der Waals surface area (Å²) in [4.78, 5) is 22.6. The van der Waals surface area contributed by atoms with Crippen LogP contribution in [0.25, 0.3) is 17.2 Å². The van der Waals surface area contributed by atoms with Gasteiger partial charge in [-0.1, -0.05) is 52.0 Å². The van der Waals surface area contributed by atoms with Crippen molar-refractivity contribution in [3.63, 3.8) is 0 Å². The monoisotopic (exact) mass is 404 g/mol. The van der Waals surface area contributed by atoms with Gasteiger partial charge in [-0.2, -0.15) is 0 Å². The number of carbonyl (C=O) groups excluding carboxylic acids is 1. The maximum absolute atomic E-state index is 11.7. The van der Waals surface area contributed by atoms with Crippen LogP contribution in [0, 0.1) is 6.92 Å². The lowest BCUT2D eigenvalue weighted by Gasteiger charge is -2.37. The Morgan fingerprint density at radius 2 is 1.53 bits per heavy atom. The van der Waals surface area contributed by atoms with E-state index in [0.29, 0.717) is 5.75 Å². The zero-order chi connectivity index (χ0) is 22.3. The minimum atomic E-state index is -1.01. The number of benzene rings is 2. The van der Waals surface area contributed by atoms with E-state index < -0.39 is 11.9 Å². The van der Waals surface area contributed by atoms with Crippen LogP contribution in [-0.2, 0) is 20.4 Å². The first-order valence-electron chi connectivity index (χ1n) is 10.0. The third-order valence-corrected chi connectivity index (χ3v) is 5.64. The number of allylic oxidation sites excluding steroid dienone is 2. The van der Waals surface area contributed by atoms with E-state index in [1.165, 1.54) is 24.1 Å². The molecule has 0 unspecified atom stereocenters. The highest BCUT2D eigenvalue weighted by Gasteiger charge is 2.33. The second kappa shape index (κ2) is 7.60. The van der Waals surface area contributed by atoms with Crippen LogP contribution in [-0.4, -0.2) is 17.0 Å². The van der Waals surface area contributed by atoms with Crippen molar-refractivity contribution >= 4 is 18.0 Å². The molecule has 0 saturated heterocycles. The maximum atomic E-state index is 11.7. The van der Waals surface area contributed by atoms with Crippen molar-refractivity contribution in [1.82, 2.24) is 0 Å². The highest BCUT2D eigenvalue weighted by Crippen LogP contribution is 2.45. The van der Waals surface area contributed by atoms with Crippen molar-refractivity contribution in [2.45, 2.75) is 52.4 Å². The molecule has 0 aromatic heterocycles. The van der Waals surface area contributed by atoms with Crippen molar-refractivity contribution in [2.24, 2.45) is 0 Å². The summed E-state index contributed by atoms with van der Waals surface area (Å²) in [6.07, 6.45) is 7.14. The molecule has 0 fully saturated rings. The van der Waals surface area contributed by atoms with Gasteiger partial charge in [0, 0.05) is 29.4 Å². The minimum absolute atomic E-state index is 0.0705. The van der Waals surface area contributed by atoms with Gasteiger partial charge in [-0.3, -0.25) is 4.79 Å². The molecule has 0 atom stereocenters. The average Bonchev–Trinajstić information content (AvgIpc) is 2.64. The highest BCUT2D eigenvalue weighted by molar-refractivity contribution is 5.87. The van der Waals surface area contributed by atoms with E-state index in [4.69, 9.17) is 9.84 Å². The van der Waals surface area contributed by atoms with Crippen LogP contribution in [0.1, 0.15) is 56.9 Å². The summed E-state index contributed by atoms with van der Waals surface area (Å²) in [6.45, 7) is 12.2. The first-order chi connectivity index (χ1) is 13.9. The van der Waals surface area contributed by atoms with Crippen molar-refractivity contribution in [3.05, 3.63) is 70.8 Å². The number of carboxylic acid groups (broad SMARTS) is 1. The molecule has 4 heteroatoms. The third kappa shape index (κ3) is 4.23. The van der Waals surface area contributed by atoms with Crippen molar-refractivity contribution in [2.75, 3.05) is 0 Å². The Bertz CT molecular complexity index is 1080. The number of fused-ring (bicyclic) bond motifs is 1.